The van der Waals surface area contributed by atoms with Crippen LogP contribution in [-0.2, 0) is 0 Å². The smallest absolute Gasteiger partial charge is 0.223 e. The minimum Gasteiger partial charge on any atom is -0.340 e. The fourth-order valence-corrected chi connectivity index (χ4v) is 2.08. The van der Waals surface area contributed by atoms with Crippen molar-refractivity contribution in [2.24, 2.45) is 0 Å². The summed E-state index contributed by atoms with van der Waals surface area (Å²) in [5, 5.41) is 7.27. The summed E-state index contributed by atoms with van der Waals surface area (Å²) in [7, 11) is 2.00. The molecule has 1 aromatic heterocycles. The highest BCUT2D eigenvalue weighted by atomic mass is 16.5. The quantitative estimate of drug-likeness (QED) is 0.745. The van der Waals surface area contributed by atoms with Gasteiger partial charge in [-0.3, -0.25) is 0 Å². The number of nitrogens with zero attached hydrogens (tertiary/aromatic N) is 2. The first kappa shape index (κ1) is 8.69. The molecule has 0 spiro atoms. The standard InChI is InChI=1S/C9H15N3O/c1-6-11-9(12-13-6)7-4-3-5-8(7)10-2/h7-8,10H,3-5H2,1-2H3/t7-,8+/m1/s1. The number of rotatable bonds is 2. The third-order valence-electron chi connectivity index (χ3n) is 2.76. The van der Waals surface area contributed by atoms with Gasteiger partial charge < -0.3 is 9.84 Å². The molecular formula is C9H15N3O. The van der Waals surface area contributed by atoms with Gasteiger partial charge in [-0.25, -0.2) is 0 Å². The zero-order chi connectivity index (χ0) is 9.26. The molecule has 1 saturated carbocycles. The first-order valence-electron chi connectivity index (χ1n) is 4.78. The molecule has 0 radical (unpaired) electrons. The van der Waals surface area contributed by atoms with Crippen molar-refractivity contribution < 1.29 is 4.52 Å². The highest BCUT2D eigenvalue weighted by Gasteiger charge is 2.30. The van der Waals surface area contributed by atoms with Gasteiger partial charge in [0.1, 0.15) is 0 Å². The van der Waals surface area contributed by atoms with Gasteiger partial charge >= 0.3 is 0 Å². The van der Waals surface area contributed by atoms with E-state index in [1.165, 1.54) is 19.3 Å². The van der Waals surface area contributed by atoms with Crippen molar-refractivity contribution in [2.75, 3.05) is 7.05 Å². The summed E-state index contributed by atoms with van der Waals surface area (Å²) in [6.07, 6.45) is 3.64. The molecule has 1 aromatic rings. The Balaban J connectivity index is 2.15. The molecule has 4 nitrogen and oxygen atoms in total. The van der Waals surface area contributed by atoms with Gasteiger partial charge in [0.05, 0.1) is 0 Å². The van der Waals surface area contributed by atoms with Crippen LogP contribution in [0.2, 0.25) is 0 Å². The largest absolute Gasteiger partial charge is 0.340 e. The topological polar surface area (TPSA) is 51.0 Å². The van der Waals surface area contributed by atoms with Gasteiger partial charge in [-0.1, -0.05) is 11.6 Å². The monoisotopic (exact) mass is 181 g/mol. The van der Waals surface area contributed by atoms with Crippen LogP contribution in [0.5, 0.6) is 0 Å². The Hall–Kier alpha value is -0.900. The normalized spacial score (nSPS) is 28.2. The predicted molar refractivity (Wildman–Crippen MR) is 48.5 cm³/mol. The highest BCUT2D eigenvalue weighted by molar-refractivity contribution is 5.03. The first-order chi connectivity index (χ1) is 6.31. The lowest BCUT2D eigenvalue weighted by Crippen LogP contribution is -2.28. The van der Waals surface area contributed by atoms with Crippen molar-refractivity contribution in [2.45, 2.75) is 38.1 Å². The van der Waals surface area contributed by atoms with Crippen molar-refractivity contribution >= 4 is 0 Å². The molecule has 0 bridgehead atoms. The molecule has 1 N–H and O–H groups in total. The SMILES string of the molecule is CN[C@H]1CCC[C@H]1c1noc(C)n1. The average molecular weight is 181 g/mol. The molecule has 2 rings (SSSR count). The van der Waals surface area contributed by atoms with Gasteiger partial charge in [0.15, 0.2) is 5.82 Å². The van der Waals surface area contributed by atoms with Crippen molar-refractivity contribution in [1.82, 2.24) is 15.5 Å². The molecular weight excluding hydrogens is 166 g/mol. The van der Waals surface area contributed by atoms with Gasteiger partial charge in [-0.15, -0.1) is 0 Å². The van der Waals surface area contributed by atoms with Crippen LogP contribution in [0, 0.1) is 6.92 Å². The molecule has 2 atom stereocenters. The zero-order valence-electron chi connectivity index (χ0n) is 8.08. The van der Waals surface area contributed by atoms with E-state index in [4.69, 9.17) is 4.52 Å². The summed E-state index contributed by atoms with van der Waals surface area (Å²) >= 11 is 0. The minimum atomic E-state index is 0.447. The maximum absolute atomic E-state index is 4.98. The van der Waals surface area contributed by atoms with Gasteiger partial charge in [-0.2, -0.15) is 4.98 Å². The van der Waals surface area contributed by atoms with Crippen LogP contribution in [0.25, 0.3) is 0 Å². The molecule has 0 unspecified atom stereocenters. The molecule has 13 heavy (non-hydrogen) atoms. The average Bonchev–Trinajstić information content (AvgIpc) is 2.71. The molecule has 0 saturated heterocycles. The maximum Gasteiger partial charge on any atom is 0.223 e. The van der Waals surface area contributed by atoms with Crippen LogP contribution in [0.1, 0.15) is 36.9 Å². The first-order valence-corrected chi connectivity index (χ1v) is 4.78. The molecule has 0 aliphatic heterocycles. The number of hydrogen-bond acceptors (Lipinski definition) is 4. The van der Waals surface area contributed by atoms with Crippen LogP contribution >= 0.6 is 0 Å². The molecule has 4 heteroatoms. The molecule has 1 fully saturated rings. The van der Waals surface area contributed by atoms with E-state index in [1.807, 2.05) is 14.0 Å². The van der Waals surface area contributed by atoms with Crippen LogP contribution in [0.4, 0.5) is 0 Å². The zero-order valence-corrected chi connectivity index (χ0v) is 8.08. The Bertz CT molecular complexity index is 284. The molecule has 1 heterocycles. The van der Waals surface area contributed by atoms with Gasteiger partial charge in [0.25, 0.3) is 0 Å². The van der Waals surface area contributed by atoms with E-state index in [1.54, 1.807) is 0 Å². The van der Waals surface area contributed by atoms with E-state index in [-0.39, 0.29) is 0 Å². The number of aryl methyl sites for hydroxylation is 1. The van der Waals surface area contributed by atoms with Crippen LogP contribution < -0.4 is 5.32 Å². The second-order valence-electron chi connectivity index (χ2n) is 3.60. The third kappa shape index (κ3) is 1.58. The molecule has 1 aliphatic carbocycles. The number of hydrogen-bond donors (Lipinski definition) is 1. The molecule has 1 aliphatic rings. The van der Waals surface area contributed by atoms with E-state index >= 15 is 0 Å². The number of nitrogens with one attached hydrogen (secondary N) is 1. The second-order valence-corrected chi connectivity index (χ2v) is 3.60. The molecule has 0 aromatic carbocycles. The lowest BCUT2D eigenvalue weighted by atomic mass is 10.0. The van der Waals surface area contributed by atoms with E-state index < -0.39 is 0 Å². The van der Waals surface area contributed by atoms with Gasteiger partial charge in [0, 0.05) is 18.9 Å². The van der Waals surface area contributed by atoms with Crippen LogP contribution in [-0.4, -0.2) is 23.2 Å². The fraction of sp³-hybridized carbons (Fsp3) is 0.778. The summed E-state index contributed by atoms with van der Waals surface area (Å²) in [6, 6.07) is 0.525. The number of aromatic nitrogens is 2. The highest BCUT2D eigenvalue weighted by Crippen LogP contribution is 2.32. The van der Waals surface area contributed by atoms with E-state index in [0.717, 1.165) is 5.82 Å². The predicted octanol–water partition coefficient (Wildman–Crippen LogP) is 1.23. The van der Waals surface area contributed by atoms with Crippen molar-refractivity contribution in [3.8, 4) is 0 Å². The lowest BCUT2D eigenvalue weighted by molar-refractivity contribution is 0.378. The van der Waals surface area contributed by atoms with E-state index in [2.05, 4.69) is 15.5 Å². The summed E-state index contributed by atoms with van der Waals surface area (Å²) in [4.78, 5) is 4.27. The fourth-order valence-electron chi connectivity index (χ4n) is 2.08. The Kier molecular flexibility index (Phi) is 2.31. The van der Waals surface area contributed by atoms with Gasteiger partial charge in [0.2, 0.25) is 5.89 Å². The Morgan fingerprint density at radius 3 is 2.92 bits per heavy atom. The maximum atomic E-state index is 4.98. The van der Waals surface area contributed by atoms with E-state index in [0.29, 0.717) is 17.9 Å². The summed E-state index contributed by atoms with van der Waals surface area (Å²) in [5.41, 5.74) is 0. The lowest BCUT2D eigenvalue weighted by Gasteiger charge is -2.14. The van der Waals surface area contributed by atoms with E-state index in [9.17, 15) is 0 Å². The third-order valence-corrected chi connectivity index (χ3v) is 2.76. The Labute approximate surface area is 77.7 Å². The number of likely N-dealkylation sites (N-methyl/N-ethyl adjacent to an activating group) is 1. The molecule has 72 valence electrons. The van der Waals surface area contributed by atoms with Gasteiger partial charge in [-0.05, 0) is 19.9 Å². The minimum absolute atomic E-state index is 0.447. The summed E-state index contributed by atoms with van der Waals surface area (Å²) in [6.45, 7) is 1.83. The summed E-state index contributed by atoms with van der Waals surface area (Å²) < 4.78 is 4.98. The van der Waals surface area contributed by atoms with Crippen molar-refractivity contribution in [1.29, 1.82) is 0 Å². The van der Waals surface area contributed by atoms with Crippen LogP contribution in [0.15, 0.2) is 4.52 Å². The Morgan fingerprint density at radius 1 is 1.46 bits per heavy atom. The Morgan fingerprint density at radius 2 is 2.31 bits per heavy atom. The second kappa shape index (κ2) is 3.46. The summed E-state index contributed by atoms with van der Waals surface area (Å²) in [5.74, 6) is 1.98. The van der Waals surface area contributed by atoms with Crippen LogP contribution in [0.3, 0.4) is 0 Å². The van der Waals surface area contributed by atoms with Crippen molar-refractivity contribution in [3.05, 3.63) is 11.7 Å². The molecule has 0 amide bonds. The van der Waals surface area contributed by atoms with Crippen molar-refractivity contribution in [3.63, 3.8) is 0 Å².